The molecular formula is C10H9ClN3S. The maximum atomic E-state index is 5.99. The van der Waals surface area contributed by atoms with Crippen LogP contribution in [0.25, 0.3) is 5.82 Å². The van der Waals surface area contributed by atoms with E-state index in [0.717, 1.165) is 10.8 Å². The van der Waals surface area contributed by atoms with Gasteiger partial charge < -0.3 is 0 Å². The summed E-state index contributed by atoms with van der Waals surface area (Å²) in [5.41, 5.74) is 0. The molecule has 15 heavy (non-hydrogen) atoms. The number of nitrogens with zero attached hydrogens (tertiary/aromatic N) is 3. The molecule has 2 rings (SSSR count). The van der Waals surface area contributed by atoms with Crippen LogP contribution in [0.3, 0.4) is 0 Å². The summed E-state index contributed by atoms with van der Waals surface area (Å²) in [6.45, 7) is 2.08. The molecule has 0 N–H and O–H groups in total. The van der Waals surface area contributed by atoms with Gasteiger partial charge in [0.1, 0.15) is 5.03 Å². The third kappa shape index (κ3) is 2.33. The van der Waals surface area contributed by atoms with Crippen LogP contribution in [0, 0.1) is 6.20 Å². The normalized spacial score (nSPS) is 10.5. The summed E-state index contributed by atoms with van der Waals surface area (Å²) in [6, 6.07) is 5.41. The van der Waals surface area contributed by atoms with E-state index in [1.807, 2.05) is 6.07 Å². The SMILES string of the molecule is CCSc1c[c]n(-c2ncccc2Cl)n1. The van der Waals surface area contributed by atoms with E-state index in [2.05, 4.69) is 23.2 Å². The molecule has 0 bridgehead atoms. The highest BCUT2D eigenvalue weighted by molar-refractivity contribution is 7.99. The Morgan fingerprint density at radius 1 is 1.60 bits per heavy atom. The summed E-state index contributed by atoms with van der Waals surface area (Å²) >= 11 is 7.66. The maximum Gasteiger partial charge on any atom is 0.172 e. The minimum atomic E-state index is 0.574. The molecule has 0 saturated carbocycles. The summed E-state index contributed by atoms with van der Waals surface area (Å²) in [7, 11) is 0. The first-order chi connectivity index (χ1) is 7.31. The molecule has 0 fully saturated rings. The summed E-state index contributed by atoms with van der Waals surface area (Å²) in [5.74, 6) is 1.60. The van der Waals surface area contributed by atoms with Gasteiger partial charge in [-0.1, -0.05) is 18.5 Å². The summed E-state index contributed by atoms with van der Waals surface area (Å²) in [4.78, 5) is 4.15. The van der Waals surface area contributed by atoms with Gasteiger partial charge in [0.05, 0.1) is 11.2 Å². The third-order valence-electron chi connectivity index (χ3n) is 1.74. The second-order valence-electron chi connectivity index (χ2n) is 2.77. The zero-order valence-corrected chi connectivity index (χ0v) is 9.72. The quantitative estimate of drug-likeness (QED) is 0.771. The Bertz CT molecular complexity index is 455. The molecule has 2 aromatic rings. The molecule has 5 heteroatoms. The van der Waals surface area contributed by atoms with Gasteiger partial charge in [-0.05, 0) is 17.9 Å². The van der Waals surface area contributed by atoms with Crippen molar-refractivity contribution in [2.45, 2.75) is 11.9 Å². The predicted molar refractivity (Wildman–Crippen MR) is 61.6 cm³/mol. The van der Waals surface area contributed by atoms with Crippen LogP contribution in [0.4, 0.5) is 0 Å². The van der Waals surface area contributed by atoms with Crippen molar-refractivity contribution in [3.63, 3.8) is 0 Å². The Morgan fingerprint density at radius 3 is 3.20 bits per heavy atom. The standard InChI is InChI=1S/C10H9ClN3S/c1-2-15-9-5-7-14(13-9)10-8(11)4-3-6-12-10/h3-6H,2H2,1H3. The monoisotopic (exact) mass is 238 g/mol. The van der Waals surface area contributed by atoms with Crippen molar-refractivity contribution in [1.29, 1.82) is 0 Å². The van der Waals surface area contributed by atoms with Crippen LogP contribution < -0.4 is 0 Å². The van der Waals surface area contributed by atoms with Gasteiger partial charge in [-0.25, -0.2) is 9.67 Å². The van der Waals surface area contributed by atoms with Crippen LogP contribution in [0.15, 0.2) is 29.4 Å². The highest BCUT2D eigenvalue weighted by atomic mass is 35.5. The third-order valence-corrected chi connectivity index (χ3v) is 2.82. The molecular weight excluding hydrogens is 230 g/mol. The molecule has 2 aromatic heterocycles. The summed E-state index contributed by atoms with van der Waals surface area (Å²) in [6.07, 6.45) is 4.67. The van der Waals surface area contributed by atoms with Crippen molar-refractivity contribution >= 4 is 23.4 Å². The summed E-state index contributed by atoms with van der Waals surface area (Å²) < 4.78 is 1.57. The average molecular weight is 239 g/mol. The van der Waals surface area contributed by atoms with Crippen LogP contribution >= 0.6 is 23.4 Å². The largest absolute Gasteiger partial charge is 0.236 e. The van der Waals surface area contributed by atoms with Gasteiger partial charge in [0.15, 0.2) is 5.82 Å². The Kier molecular flexibility index (Phi) is 3.28. The number of hydrogen-bond donors (Lipinski definition) is 0. The molecule has 0 aliphatic carbocycles. The average Bonchev–Trinajstić information content (AvgIpc) is 2.68. The Balaban J connectivity index is 2.33. The second kappa shape index (κ2) is 4.68. The van der Waals surface area contributed by atoms with Crippen molar-refractivity contribution in [3.05, 3.63) is 35.6 Å². The van der Waals surface area contributed by atoms with E-state index in [9.17, 15) is 0 Å². The minimum absolute atomic E-state index is 0.574. The van der Waals surface area contributed by atoms with E-state index in [1.54, 1.807) is 34.8 Å². The van der Waals surface area contributed by atoms with E-state index in [-0.39, 0.29) is 0 Å². The lowest BCUT2D eigenvalue weighted by Gasteiger charge is -2.00. The first kappa shape index (κ1) is 10.5. The lowest BCUT2D eigenvalue weighted by atomic mass is 10.4. The summed E-state index contributed by atoms with van der Waals surface area (Å²) in [5, 5.41) is 5.81. The van der Waals surface area contributed by atoms with Crippen molar-refractivity contribution < 1.29 is 0 Å². The first-order valence-corrected chi connectivity index (χ1v) is 5.89. The zero-order chi connectivity index (χ0) is 10.7. The topological polar surface area (TPSA) is 30.7 Å². The lowest BCUT2D eigenvalue weighted by molar-refractivity contribution is 0.806. The van der Waals surface area contributed by atoms with Gasteiger partial charge in [-0.2, -0.15) is 5.10 Å². The fourth-order valence-corrected chi connectivity index (χ4v) is 1.91. The molecule has 0 saturated heterocycles. The van der Waals surface area contributed by atoms with Crippen LogP contribution in [-0.2, 0) is 0 Å². The van der Waals surface area contributed by atoms with E-state index in [4.69, 9.17) is 11.6 Å². The molecule has 0 amide bonds. The van der Waals surface area contributed by atoms with Crippen LogP contribution in [0.2, 0.25) is 5.02 Å². The molecule has 2 heterocycles. The Labute approximate surface area is 97.5 Å². The van der Waals surface area contributed by atoms with Gasteiger partial charge >= 0.3 is 0 Å². The van der Waals surface area contributed by atoms with Crippen molar-refractivity contribution in [1.82, 2.24) is 14.8 Å². The van der Waals surface area contributed by atoms with Crippen molar-refractivity contribution in [2.24, 2.45) is 0 Å². The molecule has 0 unspecified atom stereocenters. The van der Waals surface area contributed by atoms with Crippen molar-refractivity contribution in [3.8, 4) is 5.82 Å². The highest BCUT2D eigenvalue weighted by Crippen LogP contribution is 2.19. The molecule has 0 aromatic carbocycles. The van der Waals surface area contributed by atoms with Crippen LogP contribution in [0.1, 0.15) is 6.92 Å². The molecule has 0 atom stereocenters. The first-order valence-electron chi connectivity index (χ1n) is 4.52. The maximum absolute atomic E-state index is 5.99. The second-order valence-corrected chi connectivity index (χ2v) is 4.46. The number of pyridine rings is 1. The smallest absolute Gasteiger partial charge is 0.172 e. The highest BCUT2D eigenvalue weighted by Gasteiger charge is 2.05. The van der Waals surface area contributed by atoms with Crippen LogP contribution in [0.5, 0.6) is 0 Å². The van der Waals surface area contributed by atoms with E-state index < -0.39 is 0 Å². The van der Waals surface area contributed by atoms with E-state index in [1.165, 1.54) is 0 Å². The zero-order valence-electron chi connectivity index (χ0n) is 8.14. The number of aromatic nitrogens is 3. The Morgan fingerprint density at radius 2 is 2.47 bits per heavy atom. The van der Waals surface area contributed by atoms with Gasteiger partial charge in [-0.3, -0.25) is 0 Å². The van der Waals surface area contributed by atoms with Gasteiger partial charge in [-0.15, -0.1) is 11.8 Å². The molecule has 3 nitrogen and oxygen atoms in total. The van der Waals surface area contributed by atoms with Gasteiger partial charge in [0, 0.05) is 12.3 Å². The number of hydrogen-bond acceptors (Lipinski definition) is 3. The lowest BCUT2D eigenvalue weighted by Crippen LogP contribution is -1.98. The number of rotatable bonds is 3. The molecule has 0 spiro atoms. The minimum Gasteiger partial charge on any atom is -0.236 e. The molecule has 1 radical (unpaired) electrons. The predicted octanol–water partition coefficient (Wildman–Crippen LogP) is 2.83. The Hall–Kier alpha value is -1.00. The van der Waals surface area contributed by atoms with E-state index in [0.29, 0.717) is 10.8 Å². The number of thioether (sulfide) groups is 1. The van der Waals surface area contributed by atoms with E-state index >= 15 is 0 Å². The van der Waals surface area contributed by atoms with Crippen molar-refractivity contribution in [2.75, 3.05) is 5.75 Å². The van der Waals surface area contributed by atoms with Gasteiger partial charge in [0.25, 0.3) is 0 Å². The number of halogens is 1. The molecule has 77 valence electrons. The fourth-order valence-electron chi connectivity index (χ4n) is 1.13. The molecule has 0 aliphatic rings. The molecule has 0 aliphatic heterocycles. The van der Waals surface area contributed by atoms with Gasteiger partial charge in [0.2, 0.25) is 0 Å². The fraction of sp³-hybridized carbons (Fsp3) is 0.200. The van der Waals surface area contributed by atoms with Crippen LogP contribution in [-0.4, -0.2) is 20.5 Å².